The number of nitrogens with one attached hydrogen (secondary N) is 2. The van der Waals surface area contributed by atoms with Crippen molar-refractivity contribution >= 4 is 5.96 Å². The van der Waals surface area contributed by atoms with E-state index in [-0.39, 0.29) is 0 Å². The highest BCUT2D eigenvalue weighted by atomic mass is 16.5. The van der Waals surface area contributed by atoms with Crippen LogP contribution in [0.15, 0.2) is 4.99 Å². The van der Waals surface area contributed by atoms with E-state index in [1.165, 1.54) is 12.8 Å². The van der Waals surface area contributed by atoms with E-state index in [1.807, 2.05) is 0 Å². The van der Waals surface area contributed by atoms with Gasteiger partial charge in [-0.05, 0) is 44.4 Å². The van der Waals surface area contributed by atoms with Crippen LogP contribution < -0.4 is 10.6 Å². The van der Waals surface area contributed by atoms with E-state index in [1.54, 1.807) is 0 Å². The summed E-state index contributed by atoms with van der Waals surface area (Å²) in [5.74, 6) is 1.59. The van der Waals surface area contributed by atoms with Gasteiger partial charge >= 0.3 is 0 Å². The summed E-state index contributed by atoms with van der Waals surface area (Å²) >= 11 is 0. The molecule has 0 radical (unpaired) electrons. The number of nitrogens with zero attached hydrogens (tertiary/aromatic N) is 1. The maximum absolute atomic E-state index is 5.46. The maximum atomic E-state index is 5.46. The minimum atomic E-state index is 0.426. The van der Waals surface area contributed by atoms with Gasteiger partial charge in [0, 0.05) is 32.8 Å². The minimum absolute atomic E-state index is 0.426. The summed E-state index contributed by atoms with van der Waals surface area (Å²) in [7, 11) is 0. The van der Waals surface area contributed by atoms with Crippen molar-refractivity contribution in [2.75, 3.05) is 32.8 Å². The number of hydrogen-bond donors (Lipinski definition) is 2. The SMILES string of the molecule is CCNC(=NCC1(CCOCC)CC1)NCC(C)C. The molecular weight excluding hydrogens is 238 g/mol. The second kappa shape index (κ2) is 8.41. The van der Waals surface area contributed by atoms with Crippen molar-refractivity contribution in [3.05, 3.63) is 0 Å². The lowest BCUT2D eigenvalue weighted by atomic mass is 10.0. The molecule has 0 spiro atoms. The van der Waals surface area contributed by atoms with Crippen molar-refractivity contribution < 1.29 is 4.74 Å². The summed E-state index contributed by atoms with van der Waals surface area (Å²) in [6, 6.07) is 0. The number of rotatable bonds is 9. The van der Waals surface area contributed by atoms with Gasteiger partial charge in [-0.1, -0.05) is 13.8 Å². The molecule has 0 unspecified atom stereocenters. The Morgan fingerprint density at radius 1 is 1.26 bits per heavy atom. The number of guanidine groups is 1. The Morgan fingerprint density at radius 2 is 2.00 bits per heavy atom. The van der Waals surface area contributed by atoms with Gasteiger partial charge in [-0.3, -0.25) is 4.99 Å². The van der Waals surface area contributed by atoms with Crippen molar-refractivity contribution in [1.29, 1.82) is 0 Å². The van der Waals surface area contributed by atoms with Crippen LogP contribution in [-0.4, -0.2) is 38.8 Å². The minimum Gasteiger partial charge on any atom is -0.382 e. The summed E-state index contributed by atoms with van der Waals surface area (Å²) in [5, 5.41) is 6.71. The number of ether oxygens (including phenoxy) is 1. The van der Waals surface area contributed by atoms with Crippen molar-refractivity contribution in [1.82, 2.24) is 10.6 Å². The number of hydrogen-bond acceptors (Lipinski definition) is 2. The van der Waals surface area contributed by atoms with Crippen LogP contribution in [0.2, 0.25) is 0 Å². The topological polar surface area (TPSA) is 45.7 Å². The van der Waals surface area contributed by atoms with Crippen LogP contribution in [0.1, 0.15) is 47.0 Å². The molecule has 0 heterocycles. The molecule has 0 aromatic rings. The highest BCUT2D eigenvalue weighted by Crippen LogP contribution is 2.48. The fourth-order valence-electron chi connectivity index (χ4n) is 1.99. The molecule has 0 atom stereocenters. The van der Waals surface area contributed by atoms with Crippen molar-refractivity contribution in [3.8, 4) is 0 Å². The van der Waals surface area contributed by atoms with Gasteiger partial charge in [0.1, 0.15) is 0 Å². The fourth-order valence-corrected chi connectivity index (χ4v) is 1.99. The molecule has 1 aliphatic carbocycles. The molecule has 0 saturated heterocycles. The van der Waals surface area contributed by atoms with E-state index in [9.17, 15) is 0 Å². The first-order chi connectivity index (χ1) is 9.12. The molecule has 0 amide bonds. The lowest BCUT2D eigenvalue weighted by molar-refractivity contribution is 0.129. The third kappa shape index (κ3) is 6.81. The van der Waals surface area contributed by atoms with E-state index in [0.29, 0.717) is 11.3 Å². The molecule has 4 nitrogen and oxygen atoms in total. The highest BCUT2D eigenvalue weighted by molar-refractivity contribution is 5.79. The Labute approximate surface area is 118 Å². The van der Waals surface area contributed by atoms with Crippen molar-refractivity contribution in [2.45, 2.75) is 47.0 Å². The average Bonchev–Trinajstić information content (AvgIpc) is 3.13. The molecule has 0 bridgehead atoms. The van der Waals surface area contributed by atoms with E-state index >= 15 is 0 Å². The van der Waals surface area contributed by atoms with Crippen LogP contribution in [0.4, 0.5) is 0 Å². The first-order valence-corrected chi connectivity index (χ1v) is 7.72. The van der Waals surface area contributed by atoms with Crippen molar-refractivity contribution in [3.63, 3.8) is 0 Å². The zero-order valence-electron chi connectivity index (χ0n) is 13.1. The van der Waals surface area contributed by atoms with Crippen LogP contribution in [0, 0.1) is 11.3 Å². The zero-order chi connectivity index (χ0) is 14.1. The lowest BCUT2D eigenvalue weighted by Gasteiger charge is -2.16. The van der Waals surface area contributed by atoms with Crippen LogP contribution in [0.25, 0.3) is 0 Å². The van der Waals surface area contributed by atoms with Crippen LogP contribution >= 0.6 is 0 Å². The predicted octanol–water partition coefficient (Wildman–Crippen LogP) is 2.40. The Hall–Kier alpha value is -0.770. The number of aliphatic imine (C=N–C) groups is 1. The van der Waals surface area contributed by atoms with Gasteiger partial charge in [0.15, 0.2) is 5.96 Å². The summed E-state index contributed by atoms with van der Waals surface area (Å²) in [6.07, 6.45) is 3.74. The Kier molecular flexibility index (Phi) is 7.21. The summed E-state index contributed by atoms with van der Waals surface area (Å²) < 4.78 is 5.46. The van der Waals surface area contributed by atoms with Crippen LogP contribution in [-0.2, 0) is 4.74 Å². The molecule has 4 heteroatoms. The third-order valence-corrected chi connectivity index (χ3v) is 3.53. The average molecular weight is 269 g/mol. The molecule has 2 N–H and O–H groups in total. The standard InChI is InChI=1S/C15H31N3O/c1-5-16-14(17-11-13(3)4)18-12-15(7-8-15)9-10-19-6-2/h13H,5-12H2,1-4H3,(H2,16,17,18). The van der Waals surface area contributed by atoms with E-state index in [2.05, 4.69) is 38.3 Å². The molecule has 0 aliphatic heterocycles. The van der Waals surface area contributed by atoms with Gasteiger partial charge < -0.3 is 15.4 Å². The molecule has 1 aliphatic rings. The predicted molar refractivity (Wildman–Crippen MR) is 81.6 cm³/mol. The smallest absolute Gasteiger partial charge is 0.191 e. The van der Waals surface area contributed by atoms with E-state index in [4.69, 9.17) is 9.73 Å². The summed E-state index contributed by atoms with van der Waals surface area (Å²) in [4.78, 5) is 4.74. The Bertz CT molecular complexity index is 273. The highest BCUT2D eigenvalue weighted by Gasteiger charge is 2.41. The first-order valence-electron chi connectivity index (χ1n) is 7.72. The molecule has 112 valence electrons. The van der Waals surface area contributed by atoms with Gasteiger partial charge in [0.25, 0.3) is 0 Å². The van der Waals surface area contributed by atoms with Gasteiger partial charge in [-0.25, -0.2) is 0 Å². The Morgan fingerprint density at radius 3 is 2.53 bits per heavy atom. The lowest BCUT2D eigenvalue weighted by Crippen LogP contribution is -2.39. The first kappa shape index (κ1) is 16.3. The van der Waals surface area contributed by atoms with E-state index < -0.39 is 0 Å². The van der Waals surface area contributed by atoms with Crippen molar-refractivity contribution in [2.24, 2.45) is 16.3 Å². The molecule has 0 aromatic carbocycles. The van der Waals surface area contributed by atoms with Gasteiger partial charge in [-0.15, -0.1) is 0 Å². The third-order valence-electron chi connectivity index (χ3n) is 3.53. The second-order valence-corrected chi connectivity index (χ2v) is 5.92. The largest absolute Gasteiger partial charge is 0.382 e. The molecule has 1 saturated carbocycles. The maximum Gasteiger partial charge on any atom is 0.191 e. The van der Waals surface area contributed by atoms with E-state index in [0.717, 1.165) is 45.2 Å². The van der Waals surface area contributed by atoms with Gasteiger partial charge in [-0.2, -0.15) is 0 Å². The zero-order valence-corrected chi connectivity index (χ0v) is 13.1. The second-order valence-electron chi connectivity index (χ2n) is 5.92. The normalized spacial score (nSPS) is 17.6. The molecule has 1 rings (SSSR count). The van der Waals surface area contributed by atoms with Crippen LogP contribution in [0.3, 0.4) is 0 Å². The Balaban J connectivity index is 2.36. The molecule has 19 heavy (non-hydrogen) atoms. The summed E-state index contributed by atoms with van der Waals surface area (Å²) in [6.45, 7) is 13.1. The molecule has 1 fully saturated rings. The monoisotopic (exact) mass is 269 g/mol. The van der Waals surface area contributed by atoms with Gasteiger partial charge in [0.2, 0.25) is 0 Å². The molecule has 0 aromatic heterocycles. The van der Waals surface area contributed by atoms with Gasteiger partial charge in [0.05, 0.1) is 0 Å². The quantitative estimate of drug-likeness (QED) is 0.384. The van der Waals surface area contributed by atoms with Crippen LogP contribution in [0.5, 0.6) is 0 Å². The summed E-state index contributed by atoms with van der Waals surface area (Å²) in [5.41, 5.74) is 0.426. The fraction of sp³-hybridized carbons (Fsp3) is 0.933. The molecular formula is C15H31N3O.